The lowest BCUT2D eigenvalue weighted by molar-refractivity contribution is 1.13. The molecule has 0 bridgehead atoms. The fourth-order valence-corrected chi connectivity index (χ4v) is 1.74. The van der Waals surface area contributed by atoms with E-state index in [2.05, 4.69) is 52.7 Å². The van der Waals surface area contributed by atoms with Crippen LogP contribution >= 0.6 is 0 Å². The molecule has 0 aliphatic carbocycles. The molecule has 0 heterocycles. The summed E-state index contributed by atoms with van der Waals surface area (Å²) in [4.78, 5) is 2.10. The van der Waals surface area contributed by atoms with Crippen LogP contribution < -0.4 is 10.2 Å². The van der Waals surface area contributed by atoms with Gasteiger partial charge in [0.05, 0.1) is 0 Å². The number of nitrogens with one attached hydrogen (secondary N) is 1. The molecule has 0 aliphatic rings. The SMILES string of the molecule is CNc1cccc(-c2[c]ccc(N(C)C)c2)c1. The standard InChI is InChI=1S/C15H17N2/c1-16-14-8-4-6-12(10-14)13-7-5-9-15(11-13)17(2)3/h4-6,8-11,16H,1-3H3. The van der Waals surface area contributed by atoms with Gasteiger partial charge in [0.2, 0.25) is 0 Å². The maximum Gasteiger partial charge on any atom is 0.0367 e. The summed E-state index contributed by atoms with van der Waals surface area (Å²) in [5.74, 6) is 0. The van der Waals surface area contributed by atoms with Crippen molar-refractivity contribution in [2.45, 2.75) is 0 Å². The first-order valence-electron chi connectivity index (χ1n) is 5.68. The van der Waals surface area contributed by atoms with Crippen molar-refractivity contribution < 1.29 is 0 Å². The molecule has 2 aromatic rings. The maximum absolute atomic E-state index is 3.28. The first kappa shape index (κ1) is 11.5. The Kier molecular flexibility index (Phi) is 3.33. The summed E-state index contributed by atoms with van der Waals surface area (Å²) in [6, 6.07) is 17.8. The summed E-state index contributed by atoms with van der Waals surface area (Å²) in [7, 11) is 6.02. The predicted molar refractivity (Wildman–Crippen MR) is 74.6 cm³/mol. The molecule has 0 saturated heterocycles. The van der Waals surface area contributed by atoms with Gasteiger partial charge in [-0.3, -0.25) is 0 Å². The Morgan fingerprint density at radius 3 is 2.65 bits per heavy atom. The molecule has 0 saturated carbocycles. The third-order valence-electron chi connectivity index (χ3n) is 2.76. The highest BCUT2D eigenvalue weighted by Gasteiger charge is 2.01. The van der Waals surface area contributed by atoms with Crippen molar-refractivity contribution >= 4 is 11.4 Å². The lowest BCUT2D eigenvalue weighted by Crippen LogP contribution is -2.08. The van der Waals surface area contributed by atoms with Crippen LogP contribution in [-0.2, 0) is 0 Å². The molecule has 17 heavy (non-hydrogen) atoms. The van der Waals surface area contributed by atoms with Crippen molar-refractivity contribution in [2.24, 2.45) is 0 Å². The van der Waals surface area contributed by atoms with Gasteiger partial charge in [-0.2, -0.15) is 0 Å². The van der Waals surface area contributed by atoms with E-state index in [4.69, 9.17) is 0 Å². The highest BCUT2D eigenvalue weighted by atomic mass is 15.1. The van der Waals surface area contributed by atoms with Crippen LogP contribution in [0.3, 0.4) is 0 Å². The first-order valence-corrected chi connectivity index (χ1v) is 5.68. The highest BCUT2D eigenvalue weighted by molar-refractivity contribution is 5.71. The van der Waals surface area contributed by atoms with E-state index in [0.717, 1.165) is 11.3 Å². The van der Waals surface area contributed by atoms with E-state index in [-0.39, 0.29) is 0 Å². The zero-order chi connectivity index (χ0) is 12.3. The zero-order valence-corrected chi connectivity index (χ0v) is 10.5. The molecule has 0 aromatic heterocycles. The smallest absolute Gasteiger partial charge is 0.0367 e. The van der Waals surface area contributed by atoms with Crippen LogP contribution in [0.5, 0.6) is 0 Å². The summed E-state index contributed by atoms with van der Waals surface area (Å²) >= 11 is 0. The van der Waals surface area contributed by atoms with Crippen LogP contribution in [0, 0.1) is 6.07 Å². The summed E-state index contributed by atoms with van der Waals surface area (Å²) in [5.41, 5.74) is 4.61. The molecule has 0 aliphatic heterocycles. The Labute approximate surface area is 103 Å². The highest BCUT2D eigenvalue weighted by Crippen LogP contribution is 2.25. The molecule has 0 amide bonds. The van der Waals surface area contributed by atoms with Gasteiger partial charge in [0, 0.05) is 32.5 Å². The van der Waals surface area contributed by atoms with Gasteiger partial charge in [0.1, 0.15) is 0 Å². The topological polar surface area (TPSA) is 15.3 Å². The lowest BCUT2D eigenvalue weighted by atomic mass is 10.0. The Hall–Kier alpha value is -1.96. The third-order valence-corrected chi connectivity index (χ3v) is 2.76. The van der Waals surface area contributed by atoms with Gasteiger partial charge < -0.3 is 10.2 Å². The Bertz CT molecular complexity index is 504. The van der Waals surface area contributed by atoms with Crippen molar-refractivity contribution in [1.29, 1.82) is 0 Å². The molecule has 2 rings (SSSR count). The number of benzene rings is 2. The summed E-state index contributed by atoms with van der Waals surface area (Å²) in [6.45, 7) is 0. The van der Waals surface area contributed by atoms with Gasteiger partial charge in [0.15, 0.2) is 0 Å². The first-order chi connectivity index (χ1) is 8.20. The van der Waals surface area contributed by atoms with Crippen molar-refractivity contribution in [3.63, 3.8) is 0 Å². The van der Waals surface area contributed by atoms with Crippen molar-refractivity contribution in [3.8, 4) is 11.1 Å². The second-order valence-corrected chi connectivity index (χ2v) is 4.19. The van der Waals surface area contributed by atoms with E-state index in [9.17, 15) is 0 Å². The van der Waals surface area contributed by atoms with Gasteiger partial charge in [-0.1, -0.05) is 18.2 Å². The van der Waals surface area contributed by atoms with E-state index >= 15 is 0 Å². The Morgan fingerprint density at radius 2 is 1.94 bits per heavy atom. The lowest BCUT2D eigenvalue weighted by Gasteiger charge is -2.13. The summed E-state index contributed by atoms with van der Waals surface area (Å²) in [6.07, 6.45) is 0. The minimum absolute atomic E-state index is 1.12. The van der Waals surface area contributed by atoms with Crippen LogP contribution in [0.25, 0.3) is 11.1 Å². The monoisotopic (exact) mass is 225 g/mol. The number of nitrogens with zero attached hydrogens (tertiary/aromatic N) is 1. The van der Waals surface area contributed by atoms with E-state index in [1.807, 2.05) is 27.2 Å². The van der Waals surface area contributed by atoms with E-state index in [0.29, 0.717) is 0 Å². The van der Waals surface area contributed by atoms with Crippen LogP contribution in [0.2, 0.25) is 0 Å². The van der Waals surface area contributed by atoms with Crippen molar-refractivity contribution in [1.82, 2.24) is 0 Å². The third kappa shape index (κ3) is 2.59. The molecule has 0 unspecified atom stereocenters. The summed E-state index contributed by atoms with van der Waals surface area (Å²) < 4.78 is 0. The molecule has 2 heteroatoms. The molecule has 87 valence electrons. The predicted octanol–water partition coefficient (Wildman–Crippen LogP) is 3.26. The second kappa shape index (κ2) is 4.91. The van der Waals surface area contributed by atoms with Crippen LogP contribution in [0.15, 0.2) is 42.5 Å². The molecule has 2 aromatic carbocycles. The Balaban J connectivity index is 2.41. The van der Waals surface area contributed by atoms with Gasteiger partial charge >= 0.3 is 0 Å². The molecule has 1 radical (unpaired) electrons. The molecule has 2 nitrogen and oxygen atoms in total. The summed E-state index contributed by atoms with van der Waals surface area (Å²) in [5, 5.41) is 3.15. The molecule has 0 atom stereocenters. The van der Waals surface area contributed by atoms with E-state index in [1.165, 1.54) is 11.3 Å². The molecule has 1 N–H and O–H groups in total. The normalized spacial score (nSPS) is 10.1. The Morgan fingerprint density at radius 1 is 1.12 bits per heavy atom. The number of hydrogen-bond acceptors (Lipinski definition) is 2. The van der Waals surface area contributed by atoms with Crippen LogP contribution in [0.4, 0.5) is 11.4 Å². The fraction of sp³-hybridized carbons (Fsp3) is 0.200. The molecular weight excluding hydrogens is 208 g/mol. The van der Waals surface area contributed by atoms with Crippen molar-refractivity contribution in [3.05, 3.63) is 48.5 Å². The van der Waals surface area contributed by atoms with Crippen LogP contribution in [-0.4, -0.2) is 21.1 Å². The molecular formula is C15H17N2. The van der Waals surface area contributed by atoms with E-state index in [1.54, 1.807) is 0 Å². The zero-order valence-electron chi connectivity index (χ0n) is 10.5. The van der Waals surface area contributed by atoms with Crippen molar-refractivity contribution in [2.75, 3.05) is 31.4 Å². The fourth-order valence-electron chi connectivity index (χ4n) is 1.74. The number of anilines is 2. The quantitative estimate of drug-likeness (QED) is 0.862. The molecule has 0 spiro atoms. The van der Waals surface area contributed by atoms with E-state index < -0.39 is 0 Å². The largest absolute Gasteiger partial charge is 0.388 e. The van der Waals surface area contributed by atoms with Gasteiger partial charge in [-0.05, 0) is 41.5 Å². The average Bonchev–Trinajstić information content (AvgIpc) is 2.39. The minimum atomic E-state index is 1.12. The minimum Gasteiger partial charge on any atom is -0.388 e. The molecule has 0 fully saturated rings. The van der Waals surface area contributed by atoms with Crippen LogP contribution in [0.1, 0.15) is 0 Å². The average molecular weight is 225 g/mol. The maximum atomic E-state index is 3.28. The number of hydrogen-bond donors (Lipinski definition) is 1. The van der Waals surface area contributed by atoms with Gasteiger partial charge in [-0.25, -0.2) is 0 Å². The van der Waals surface area contributed by atoms with Gasteiger partial charge in [0.25, 0.3) is 0 Å². The number of rotatable bonds is 3. The second-order valence-electron chi connectivity index (χ2n) is 4.19. The van der Waals surface area contributed by atoms with Gasteiger partial charge in [-0.15, -0.1) is 0 Å².